The molecule has 34 heavy (non-hydrogen) atoms. The van der Waals surface area contributed by atoms with E-state index in [0.29, 0.717) is 23.6 Å². The Morgan fingerprint density at radius 2 is 1.59 bits per heavy atom. The number of nitrogens with one attached hydrogen (secondary N) is 2. The predicted octanol–water partition coefficient (Wildman–Crippen LogP) is 5.89. The number of methoxy groups -OCH3 is 3. The van der Waals surface area contributed by atoms with Gasteiger partial charge in [-0.1, -0.05) is 18.2 Å². The van der Waals surface area contributed by atoms with Crippen LogP contribution in [0.1, 0.15) is 21.9 Å². The molecule has 3 aromatic carbocycles. The fourth-order valence-corrected chi connectivity index (χ4v) is 3.55. The molecule has 0 saturated carbocycles. The Hall–Kier alpha value is -4.39. The van der Waals surface area contributed by atoms with Crippen molar-refractivity contribution >= 4 is 23.0 Å². The van der Waals surface area contributed by atoms with Gasteiger partial charge in [-0.2, -0.15) is 0 Å². The minimum atomic E-state index is -0.370. The van der Waals surface area contributed by atoms with Crippen LogP contribution in [0.5, 0.6) is 17.2 Å². The van der Waals surface area contributed by atoms with E-state index >= 15 is 0 Å². The molecule has 0 spiro atoms. The number of furan rings is 1. The van der Waals surface area contributed by atoms with Gasteiger partial charge in [0, 0.05) is 29.4 Å². The number of para-hydroxylation sites is 1. The molecule has 0 unspecified atom stereocenters. The molecule has 0 bridgehead atoms. The molecule has 7 nitrogen and oxygen atoms in total. The van der Waals surface area contributed by atoms with Crippen molar-refractivity contribution in [3.05, 3.63) is 95.9 Å². The molecule has 1 amide bonds. The third-order valence-electron chi connectivity index (χ3n) is 5.25. The molecule has 1 aromatic heterocycles. The molecule has 0 fully saturated rings. The topological polar surface area (TPSA) is 82.0 Å². The molecule has 0 saturated heterocycles. The second-order valence-electron chi connectivity index (χ2n) is 7.48. The van der Waals surface area contributed by atoms with Gasteiger partial charge in [0.1, 0.15) is 23.0 Å². The lowest BCUT2D eigenvalue weighted by Gasteiger charge is -2.13. The largest absolute Gasteiger partial charge is 0.497 e. The van der Waals surface area contributed by atoms with Gasteiger partial charge >= 0.3 is 0 Å². The lowest BCUT2D eigenvalue weighted by molar-refractivity contribution is 0.0994. The zero-order valence-corrected chi connectivity index (χ0v) is 19.3. The van der Waals surface area contributed by atoms with Gasteiger partial charge in [0.25, 0.3) is 5.91 Å². The summed E-state index contributed by atoms with van der Waals surface area (Å²) in [6, 6.07) is 24.3. The molecule has 1 heterocycles. The number of hydrogen-bond acceptors (Lipinski definition) is 6. The highest BCUT2D eigenvalue weighted by Crippen LogP contribution is 2.31. The Bertz CT molecular complexity index is 1270. The van der Waals surface area contributed by atoms with Crippen molar-refractivity contribution in [3.63, 3.8) is 0 Å². The van der Waals surface area contributed by atoms with Crippen LogP contribution < -0.4 is 24.8 Å². The first kappa shape index (κ1) is 22.8. The Balaban J connectivity index is 1.46. The molecule has 0 aliphatic heterocycles. The maximum absolute atomic E-state index is 12.8. The van der Waals surface area contributed by atoms with E-state index in [1.54, 1.807) is 39.5 Å². The number of amides is 1. The van der Waals surface area contributed by atoms with Crippen LogP contribution in [0.15, 0.2) is 83.3 Å². The number of carbonyl (C=O) groups is 1. The summed E-state index contributed by atoms with van der Waals surface area (Å²) in [5.74, 6) is 2.43. The van der Waals surface area contributed by atoms with Crippen LogP contribution in [0, 0.1) is 0 Å². The molecule has 0 atom stereocenters. The minimum Gasteiger partial charge on any atom is -0.497 e. The van der Waals surface area contributed by atoms with Crippen LogP contribution in [0.2, 0.25) is 0 Å². The van der Waals surface area contributed by atoms with Crippen molar-refractivity contribution in [2.75, 3.05) is 32.0 Å². The fraction of sp³-hybridized carbons (Fsp3) is 0.148. The quantitative estimate of drug-likeness (QED) is 0.325. The van der Waals surface area contributed by atoms with Gasteiger partial charge in [0.05, 0.1) is 27.0 Å². The lowest BCUT2D eigenvalue weighted by atomic mass is 10.1. The van der Waals surface area contributed by atoms with Crippen molar-refractivity contribution in [2.45, 2.75) is 6.42 Å². The van der Waals surface area contributed by atoms with E-state index in [1.807, 2.05) is 60.7 Å². The van der Waals surface area contributed by atoms with Gasteiger partial charge in [-0.05, 0) is 54.6 Å². The first-order valence-corrected chi connectivity index (χ1v) is 10.7. The number of benzene rings is 3. The van der Waals surface area contributed by atoms with E-state index in [2.05, 4.69) is 10.6 Å². The standard InChI is InChI=1S/C27H26N2O5/c1-31-21-10-13-24(32-2)18(15-21)16-22-11-14-25(34-22)27(30)29-23-12-9-20(17-26(23)33-3)28-19-7-5-4-6-8-19/h4-15,17,28H,16H2,1-3H3,(H,29,30). The Morgan fingerprint density at radius 1 is 0.794 bits per heavy atom. The Kier molecular flexibility index (Phi) is 7.03. The monoisotopic (exact) mass is 458 g/mol. The van der Waals surface area contributed by atoms with Crippen molar-refractivity contribution < 1.29 is 23.4 Å². The summed E-state index contributed by atoms with van der Waals surface area (Å²) in [5.41, 5.74) is 3.23. The van der Waals surface area contributed by atoms with E-state index in [1.165, 1.54) is 0 Å². The van der Waals surface area contributed by atoms with E-state index in [0.717, 1.165) is 28.4 Å². The maximum Gasteiger partial charge on any atom is 0.291 e. The number of anilines is 3. The second kappa shape index (κ2) is 10.5. The van der Waals surface area contributed by atoms with Crippen LogP contribution in [-0.2, 0) is 6.42 Å². The summed E-state index contributed by atoms with van der Waals surface area (Å²) in [6.45, 7) is 0. The minimum absolute atomic E-state index is 0.199. The van der Waals surface area contributed by atoms with E-state index in [9.17, 15) is 4.79 Å². The van der Waals surface area contributed by atoms with Crippen LogP contribution in [0.4, 0.5) is 17.1 Å². The van der Waals surface area contributed by atoms with Gasteiger partial charge in [-0.15, -0.1) is 0 Å². The van der Waals surface area contributed by atoms with Crippen molar-refractivity contribution in [3.8, 4) is 17.2 Å². The summed E-state index contributed by atoms with van der Waals surface area (Å²) < 4.78 is 22.0. The molecule has 0 aliphatic carbocycles. The van der Waals surface area contributed by atoms with Crippen LogP contribution in [0.3, 0.4) is 0 Å². The maximum atomic E-state index is 12.8. The fourth-order valence-electron chi connectivity index (χ4n) is 3.55. The lowest BCUT2D eigenvalue weighted by Crippen LogP contribution is -2.12. The molecule has 4 aromatic rings. The summed E-state index contributed by atoms with van der Waals surface area (Å²) in [4.78, 5) is 12.8. The summed E-state index contributed by atoms with van der Waals surface area (Å²) in [5, 5.41) is 6.16. The normalized spacial score (nSPS) is 10.4. The predicted molar refractivity (Wildman–Crippen MR) is 132 cm³/mol. The Morgan fingerprint density at radius 3 is 2.32 bits per heavy atom. The van der Waals surface area contributed by atoms with Crippen LogP contribution in [0.25, 0.3) is 0 Å². The second-order valence-corrected chi connectivity index (χ2v) is 7.48. The highest BCUT2D eigenvalue weighted by molar-refractivity contribution is 6.03. The number of hydrogen-bond donors (Lipinski definition) is 2. The molecule has 0 radical (unpaired) electrons. The Labute approximate surface area is 198 Å². The smallest absolute Gasteiger partial charge is 0.291 e. The molecule has 2 N–H and O–H groups in total. The third-order valence-corrected chi connectivity index (χ3v) is 5.25. The van der Waals surface area contributed by atoms with Crippen molar-refractivity contribution in [2.24, 2.45) is 0 Å². The molecule has 7 heteroatoms. The number of carbonyl (C=O) groups excluding carboxylic acids is 1. The van der Waals surface area contributed by atoms with Crippen LogP contribution in [-0.4, -0.2) is 27.2 Å². The molecule has 0 aliphatic rings. The number of rotatable bonds is 9. The summed E-state index contributed by atoms with van der Waals surface area (Å²) >= 11 is 0. The summed E-state index contributed by atoms with van der Waals surface area (Å²) in [6.07, 6.45) is 0.455. The van der Waals surface area contributed by atoms with Crippen molar-refractivity contribution in [1.82, 2.24) is 0 Å². The van der Waals surface area contributed by atoms with Gasteiger partial charge in [-0.3, -0.25) is 4.79 Å². The average molecular weight is 459 g/mol. The van der Waals surface area contributed by atoms with Gasteiger partial charge < -0.3 is 29.3 Å². The van der Waals surface area contributed by atoms with E-state index in [-0.39, 0.29) is 11.7 Å². The highest BCUT2D eigenvalue weighted by atomic mass is 16.5. The average Bonchev–Trinajstić information content (AvgIpc) is 3.34. The number of ether oxygens (including phenoxy) is 3. The van der Waals surface area contributed by atoms with E-state index in [4.69, 9.17) is 18.6 Å². The highest BCUT2D eigenvalue weighted by Gasteiger charge is 2.16. The molecule has 4 rings (SSSR count). The van der Waals surface area contributed by atoms with Gasteiger partial charge in [0.2, 0.25) is 0 Å². The third kappa shape index (κ3) is 5.32. The summed E-state index contributed by atoms with van der Waals surface area (Å²) in [7, 11) is 4.78. The van der Waals surface area contributed by atoms with E-state index < -0.39 is 0 Å². The SMILES string of the molecule is COc1ccc(OC)c(Cc2ccc(C(=O)Nc3ccc(Nc4ccccc4)cc3OC)o2)c1. The van der Waals surface area contributed by atoms with Crippen LogP contribution >= 0.6 is 0 Å². The van der Waals surface area contributed by atoms with Gasteiger partial charge in [0.15, 0.2) is 5.76 Å². The zero-order valence-electron chi connectivity index (χ0n) is 19.3. The first-order chi connectivity index (χ1) is 16.6. The van der Waals surface area contributed by atoms with Gasteiger partial charge in [-0.25, -0.2) is 0 Å². The molecule has 174 valence electrons. The first-order valence-electron chi connectivity index (χ1n) is 10.7. The van der Waals surface area contributed by atoms with Crippen molar-refractivity contribution in [1.29, 1.82) is 0 Å². The zero-order chi connectivity index (χ0) is 23.9. The molecular formula is C27H26N2O5. The molecular weight excluding hydrogens is 432 g/mol.